The number of aromatic nitrogens is 3. The fourth-order valence-corrected chi connectivity index (χ4v) is 8.89. The molecule has 0 saturated heterocycles. The maximum Gasteiger partial charge on any atom is 0.164 e. The first-order chi connectivity index (χ1) is 32.6. The van der Waals surface area contributed by atoms with Gasteiger partial charge in [0.1, 0.15) is 0 Å². The summed E-state index contributed by atoms with van der Waals surface area (Å²) in [6, 6.07) is 81.3. The highest BCUT2D eigenvalue weighted by molar-refractivity contribution is 6.14. The number of benzene rings is 10. The van der Waals surface area contributed by atoms with Crippen molar-refractivity contribution in [1.82, 2.24) is 15.0 Å². The molecular weight excluding hydrogens is 803 g/mol. The quantitative estimate of drug-likeness (QED) is 0.142. The summed E-state index contributed by atoms with van der Waals surface area (Å²) in [5.41, 5.74) is 14.2. The van der Waals surface area contributed by atoms with Crippen LogP contribution in [0.15, 0.2) is 224 Å². The first kappa shape index (κ1) is 39.5. The minimum atomic E-state index is 0.542. The molecule has 0 bridgehead atoms. The van der Waals surface area contributed by atoms with Crippen molar-refractivity contribution in [2.24, 2.45) is 0 Å². The van der Waals surface area contributed by atoms with E-state index in [1.165, 1.54) is 27.1 Å². The van der Waals surface area contributed by atoms with E-state index in [4.69, 9.17) is 15.0 Å². The van der Waals surface area contributed by atoms with Gasteiger partial charge in [0, 0.05) is 16.7 Å². The normalized spacial score (nSPS) is 11.0. The number of nitriles is 2. The van der Waals surface area contributed by atoms with Gasteiger partial charge in [-0.25, -0.2) is 15.0 Å². The Morgan fingerprint density at radius 1 is 0.273 bits per heavy atom. The predicted molar refractivity (Wildman–Crippen MR) is 268 cm³/mol. The number of nitrogens with zero attached hydrogens (tertiary/aromatic N) is 5. The van der Waals surface area contributed by atoms with E-state index in [0.717, 1.165) is 66.8 Å². The second-order valence-corrected chi connectivity index (χ2v) is 16.2. The minimum absolute atomic E-state index is 0.542. The van der Waals surface area contributed by atoms with Gasteiger partial charge in [0.2, 0.25) is 0 Å². The molecule has 0 aliphatic rings. The van der Waals surface area contributed by atoms with Crippen LogP contribution in [0.1, 0.15) is 11.1 Å². The monoisotopic (exact) mass is 839 g/mol. The van der Waals surface area contributed by atoms with Crippen LogP contribution in [0.4, 0.5) is 0 Å². The molecule has 0 atom stereocenters. The molecule has 5 nitrogen and oxygen atoms in total. The Balaban J connectivity index is 0.985. The largest absolute Gasteiger partial charge is 0.208 e. The van der Waals surface area contributed by atoms with Crippen LogP contribution in [0.3, 0.4) is 0 Å². The number of hydrogen-bond donors (Lipinski definition) is 0. The third-order valence-electron chi connectivity index (χ3n) is 12.2. The number of hydrogen-bond acceptors (Lipinski definition) is 5. The average Bonchev–Trinajstić information content (AvgIpc) is 3.40. The van der Waals surface area contributed by atoms with Crippen LogP contribution in [0, 0.1) is 22.7 Å². The second kappa shape index (κ2) is 17.1. The van der Waals surface area contributed by atoms with E-state index in [-0.39, 0.29) is 0 Å². The molecule has 0 aliphatic heterocycles. The van der Waals surface area contributed by atoms with Gasteiger partial charge in [-0.2, -0.15) is 10.5 Å². The summed E-state index contributed by atoms with van der Waals surface area (Å²) in [6.45, 7) is 0. The van der Waals surface area contributed by atoms with E-state index in [2.05, 4.69) is 133 Å². The third kappa shape index (κ3) is 7.64. The van der Waals surface area contributed by atoms with E-state index in [1.807, 2.05) is 103 Å². The van der Waals surface area contributed by atoms with Crippen LogP contribution in [-0.2, 0) is 0 Å². The Hall–Kier alpha value is -9.29. The number of rotatable bonds is 8. The van der Waals surface area contributed by atoms with Crippen LogP contribution in [0.5, 0.6) is 0 Å². The van der Waals surface area contributed by atoms with Crippen molar-refractivity contribution in [3.05, 3.63) is 236 Å². The van der Waals surface area contributed by atoms with Crippen LogP contribution < -0.4 is 0 Å². The molecule has 0 saturated carbocycles. The van der Waals surface area contributed by atoms with Gasteiger partial charge in [-0.3, -0.25) is 0 Å². The first-order valence-corrected chi connectivity index (χ1v) is 21.8. The van der Waals surface area contributed by atoms with Crippen LogP contribution >= 0.6 is 0 Å². The van der Waals surface area contributed by atoms with Gasteiger partial charge in [0.25, 0.3) is 0 Å². The highest BCUT2D eigenvalue weighted by Gasteiger charge is 2.17. The molecule has 0 amide bonds. The molecule has 0 fully saturated rings. The van der Waals surface area contributed by atoms with Crippen LogP contribution in [-0.4, -0.2) is 15.0 Å². The second-order valence-electron chi connectivity index (χ2n) is 16.2. The summed E-state index contributed by atoms with van der Waals surface area (Å²) in [6.07, 6.45) is 0. The van der Waals surface area contributed by atoms with Crippen molar-refractivity contribution in [2.75, 3.05) is 0 Å². The Bertz CT molecular complexity index is 3730. The zero-order valence-electron chi connectivity index (χ0n) is 35.6. The Labute approximate surface area is 382 Å². The molecule has 11 aromatic rings. The Kier molecular flexibility index (Phi) is 10.3. The summed E-state index contributed by atoms with van der Waals surface area (Å²) in [7, 11) is 0. The standard InChI is InChI=1S/C61H37N5/c62-38-40-25-28-42(29-26-40)46-15-8-21-52(36-46)60-64-59(45-12-2-1-3-13-45)65-61(66-60)53-22-9-18-49(37-53)54-32-27-41(39-63)33-57(54)51-20-7-17-48(35-51)47-16-6-19-50(34-47)56-24-10-14-44-31-30-43-11-4-5-23-55(43)58(44)56/h1-37H. The zero-order chi connectivity index (χ0) is 44.4. The van der Waals surface area contributed by atoms with Gasteiger partial charge < -0.3 is 0 Å². The predicted octanol–water partition coefficient (Wildman–Crippen LogP) is 15.3. The summed E-state index contributed by atoms with van der Waals surface area (Å²) in [5, 5.41) is 24.4. The summed E-state index contributed by atoms with van der Waals surface area (Å²) in [4.78, 5) is 15.2. The fraction of sp³-hybridized carbons (Fsp3) is 0. The van der Waals surface area contributed by atoms with Crippen LogP contribution in [0.2, 0.25) is 0 Å². The molecule has 0 unspecified atom stereocenters. The summed E-state index contributed by atoms with van der Waals surface area (Å²) in [5.74, 6) is 1.66. The van der Waals surface area contributed by atoms with E-state index in [1.54, 1.807) is 0 Å². The van der Waals surface area contributed by atoms with Gasteiger partial charge in [-0.05, 0) is 126 Å². The molecule has 0 spiro atoms. The highest BCUT2D eigenvalue weighted by atomic mass is 15.0. The molecule has 11 rings (SSSR count). The number of fused-ring (bicyclic) bond motifs is 3. The van der Waals surface area contributed by atoms with Gasteiger partial charge in [0.15, 0.2) is 17.5 Å². The highest BCUT2D eigenvalue weighted by Crippen LogP contribution is 2.39. The van der Waals surface area contributed by atoms with Crippen molar-refractivity contribution < 1.29 is 0 Å². The maximum atomic E-state index is 10.1. The van der Waals surface area contributed by atoms with E-state index >= 15 is 0 Å². The topological polar surface area (TPSA) is 86.2 Å². The summed E-state index contributed by atoms with van der Waals surface area (Å²) >= 11 is 0. The molecule has 306 valence electrons. The van der Waals surface area contributed by atoms with Gasteiger partial charge in [-0.1, -0.05) is 176 Å². The van der Waals surface area contributed by atoms with E-state index in [9.17, 15) is 10.5 Å². The Morgan fingerprint density at radius 3 is 1.39 bits per heavy atom. The molecule has 0 aliphatic carbocycles. The lowest BCUT2D eigenvalue weighted by Crippen LogP contribution is -2.00. The molecular formula is C61H37N5. The zero-order valence-corrected chi connectivity index (χ0v) is 35.6. The molecule has 0 radical (unpaired) electrons. The summed E-state index contributed by atoms with van der Waals surface area (Å²) < 4.78 is 0. The molecule has 66 heavy (non-hydrogen) atoms. The molecule has 10 aromatic carbocycles. The van der Waals surface area contributed by atoms with Crippen molar-refractivity contribution in [3.63, 3.8) is 0 Å². The van der Waals surface area contributed by atoms with E-state index in [0.29, 0.717) is 28.6 Å². The molecule has 0 N–H and O–H groups in total. The smallest absolute Gasteiger partial charge is 0.164 e. The van der Waals surface area contributed by atoms with Gasteiger partial charge in [-0.15, -0.1) is 0 Å². The Morgan fingerprint density at radius 2 is 0.727 bits per heavy atom. The lowest BCUT2D eigenvalue weighted by molar-refractivity contribution is 1.07. The lowest BCUT2D eigenvalue weighted by atomic mass is 9.89. The average molecular weight is 840 g/mol. The third-order valence-corrected chi connectivity index (χ3v) is 12.2. The van der Waals surface area contributed by atoms with Crippen LogP contribution in [0.25, 0.3) is 111 Å². The molecule has 1 heterocycles. The van der Waals surface area contributed by atoms with Crippen molar-refractivity contribution in [3.8, 4) is 102 Å². The van der Waals surface area contributed by atoms with Gasteiger partial charge >= 0.3 is 0 Å². The van der Waals surface area contributed by atoms with Crippen molar-refractivity contribution in [2.45, 2.75) is 0 Å². The fourth-order valence-electron chi connectivity index (χ4n) is 8.89. The molecule has 1 aromatic heterocycles. The van der Waals surface area contributed by atoms with Gasteiger partial charge in [0.05, 0.1) is 23.3 Å². The minimum Gasteiger partial charge on any atom is -0.208 e. The SMILES string of the molecule is N#Cc1ccc(-c2cccc(-c3nc(-c4ccccc4)nc(-c4cccc(-c5ccc(C#N)cc5-c5cccc(-c6cccc(-c7cccc8ccc9ccccc9c78)c6)c5)c4)n3)c2)cc1. The first-order valence-electron chi connectivity index (χ1n) is 21.8. The van der Waals surface area contributed by atoms with Crippen molar-refractivity contribution in [1.29, 1.82) is 10.5 Å². The molecule has 5 heteroatoms. The van der Waals surface area contributed by atoms with E-state index < -0.39 is 0 Å². The lowest BCUT2D eigenvalue weighted by Gasteiger charge is -2.15. The maximum absolute atomic E-state index is 10.1. The van der Waals surface area contributed by atoms with Crippen molar-refractivity contribution >= 4 is 21.5 Å².